The molecule has 1 aromatic rings. The Kier molecular flexibility index (Phi) is 5.34. The van der Waals surface area contributed by atoms with E-state index in [9.17, 15) is 9.59 Å². The quantitative estimate of drug-likeness (QED) is 0.516. The maximum absolute atomic E-state index is 11.9. The zero-order chi connectivity index (χ0) is 15.1. The van der Waals surface area contributed by atoms with Crippen LogP contribution in [-0.2, 0) is 19.1 Å². The molecule has 1 fully saturated rings. The Morgan fingerprint density at radius 2 is 1.81 bits per heavy atom. The highest BCUT2D eigenvalue weighted by Crippen LogP contribution is 2.17. The summed E-state index contributed by atoms with van der Waals surface area (Å²) in [5, 5.41) is 0. The van der Waals surface area contributed by atoms with Crippen LogP contribution >= 0.6 is 0 Å². The molecule has 1 aromatic carbocycles. The van der Waals surface area contributed by atoms with Gasteiger partial charge in [-0.15, -0.1) is 0 Å². The molecule has 1 heterocycles. The molecular weight excluding hydrogens is 274 g/mol. The fourth-order valence-corrected chi connectivity index (χ4v) is 1.96. The maximum atomic E-state index is 11.9. The number of methoxy groups -OCH3 is 1. The van der Waals surface area contributed by atoms with Crippen LogP contribution in [0.15, 0.2) is 41.6 Å². The zero-order valence-electron chi connectivity index (χ0n) is 11.8. The van der Waals surface area contributed by atoms with Gasteiger partial charge in [0.15, 0.2) is 5.70 Å². The minimum atomic E-state index is -0.565. The Morgan fingerprint density at radius 1 is 1.14 bits per heavy atom. The van der Waals surface area contributed by atoms with Crippen molar-refractivity contribution in [2.24, 2.45) is 0 Å². The number of hydrogen-bond acceptors (Lipinski definition) is 6. The predicted molar refractivity (Wildman–Crippen MR) is 74.1 cm³/mol. The van der Waals surface area contributed by atoms with Crippen LogP contribution in [0, 0.1) is 0 Å². The fraction of sp³-hybridized carbons (Fsp3) is 0.333. The van der Waals surface area contributed by atoms with Crippen LogP contribution in [0.1, 0.15) is 23.2 Å². The van der Waals surface area contributed by atoms with E-state index in [1.807, 2.05) is 0 Å². The van der Waals surface area contributed by atoms with Crippen LogP contribution in [0.5, 0.6) is 0 Å². The Bertz CT molecular complexity index is 530. The summed E-state index contributed by atoms with van der Waals surface area (Å²) >= 11 is 0. The highest BCUT2D eigenvalue weighted by molar-refractivity contribution is 5.91. The largest absolute Gasteiger partial charge is 0.464 e. The summed E-state index contributed by atoms with van der Waals surface area (Å²) in [7, 11) is 1.28. The lowest BCUT2D eigenvalue weighted by molar-refractivity contribution is -0.137. The number of nitrogens with one attached hydrogen (secondary N) is 1. The summed E-state index contributed by atoms with van der Waals surface area (Å²) in [6.45, 7) is 1.06. The molecule has 2 rings (SSSR count). The summed E-state index contributed by atoms with van der Waals surface area (Å²) in [4.78, 5) is 28.6. The smallest absolute Gasteiger partial charge is 0.362 e. The van der Waals surface area contributed by atoms with Crippen molar-refractivity contribution < 1.29 is 23.9 Å². The molecule has 1 saturated heterocycles. The van der Waals surface area contributed by atoms with Crippen LogP contribution in [0.25, 0.3) is 0 Å². The third-order valence-corrected chi connectivity index (χ3v) is 3.09. The molecule has 0 amide bonds. The first-order valence-corrected chi connectivity index (χ1v) is 6.62. The second-order valence-electron chi connectivity index (χ2n) is 4.44. The molecule has 112 valence electrons. The van der Waals surface area contributed by atoms with Gasteiger partial charge in [-0.1, -0.05) is 18.2 Å². The highest BCUT2D eigenvalue weighted by atomic mass is 16.7. The van der Waals surface area contributed by atoms with Gasteiger partial charge in [-0.25, -0.2) is 15.1 Å². The Hall–Kier alpha value is -2.34. The van der Waals surface area contributed by atoms with Crippen molar-refractivity contribution >= 4 is 11.9 Å². The molecule has 0 unspecified atom stereocenters. The molecule has 0 radical (unpaired) electrons. The Labute approximate surface area is 122 Å². The van der Waals surface area contributed by atoms with Crippen molar-refractivity contribution in [2.75, 3.05) is 20.3 Å². The Balaban J connectivity index is 2.06. The number of benzene rings is 1. The molecule has 1 N–H and O–H groups in total. The fourth-order valence-electron chi connectivity index (χ4n) is 1.96. The highest BCUT2D eigenvalue weighted by Gasteiger charge is 2.20. The summed E-state index contributed by atoms with van der Waals surface area (Å²) < 4.78 is 9.95. The van der Waals surface area contributed by atoms with Crippen molar-refractivity contribution in [3.05, 3.63) is 47.2 Å². The molecule has 21 heavy (non-hydrogen) atoms. The van der Waals surface area contributed by atoms with Gasteiger partial charge in [-0.2, -0.15) is 0 Å². The van der Waals surface area contributed by atoms with E-state index in [4.69, 9.17) is 14.3 Å². The van der Waals surface area contributed by atoms with Gasteiger partial charge >= 0.3 is 11.9 Å². The molecular formula is C15H17NO5. The summed E-state index contributed by atoms with van der Waals surface area (Å²) in [6, 6.07) is 8.52. The van der Waals surface area contributed by atoms with E-state index in [0.29, 0.717) is 31.6 Å². The van der Waals surface area contributed by atoms with Gasteiger partial charge in [-0.05, 0) is 30.5 Å². The molecule has 0 spiro atoms. The number of hydroxylamine groups is 1. The lowest BCUT2D eigenvalue weighted by Gasteiger charge is -2.19. The van der Waals surface area contributed by atoms with Crippen molar-refractivity contribution in [1.29, 1.82) is 0 Å². The standard InChI is InChI=1S/C15H17NO5/c1-19-15(18)13(11-7-9-20-10-8-11)16-21-14(17)12-5-3-2-4-6-12/h2-6,16H,7-10H2,1H3. The van der Waals surface area contributed by atoms with Crippen molar-refractivity contribution in [2.45, 2.75) is 12.8 Å². The van der Waals surface area contributed by atoms with Gasteiger partial charge in [0.1, 0.15) is 0 Å². The normalized spacial score (nSPS) is 14.2. The average Bonchev–Trinajstić information content (AvgIpc) is 2.56. The number of ether oxygens (including phenoxy) is 2. The van der Waals surface area contributed by atoms with Gasteiger partial charge in [0, 0.05) is 0 Å². The molecule has 0 bridgehead atoms. The molecule has 0 atom stereocenters. The lowest BCUT2D eigenvalue weighted by atomic mass is 10.1. The third-order valence-electron chi connectivity index (χ3n) is 3.09. The minimum Gasteiger partial charge on any atom is -0.464 e. The van der Waals surface area contributed by atoms with Crippen LogP contribution < -0.4 is 5.48 Å². The summed E-state index contributed by atoms with van der Waals surface area (Å²) in [6.07, 6.45) is 1.20. The number of carbonyl (C=O) groups is 2. The first-order valence-electron chi connectivity index (χ1n) is 6.62. The van der Waals surface area contributed by atoms with Crippen LogP contribution in [0.2, 0.25) is 0 Å². The maximum Gasteiger partial charge on any atom is 0.362 e. The Morgan fingerprint density at radius 3 is 2.43 bits per heavy atom. The van der Waals surface area contributed by atoms with Crippen molar-refractivity contribution in [1.82, 2.24) is 5.48 Å². The summed E-state index contributed by atoms with van der Waals surface area (Å²) in [5.74, 6) is -1.13. The van der Waals surface area contributed by atoms with Gasteiger partial charge in [0.2, 0.25) is 0 Å². The van der Waals surface area contributed by atoms with Crippen LogP contribution in [0.4, 0.5) is 0 Å². The van der Waals surface area contributed by atoms with E-state index in [1.165, 1.54) is 7.11 Å². The van der Waals surface area contributed by atoms with E-state index in [0.717, 1.165) is 5.57 Å². The molecule has 0 aliphatic carbocycles. The molecule has 0 saturated carbocycles. The lowest BCUT2D eigenvalue weighted by Crippen LogP contribution is -2.28. The average molecular weight is 291 g/mol. The van der Waals surface area contributed by atoms with Gasteiger partial charge in [0.05, 0.1) is 25.9 Å². The van der Waals surface area contributed by atoms with Gasteiger partial charge in [0.25, 0.3) is 0 Å². The van der Waals surface area contributed by atoms with Gasteiger partial charge < -0.3 is 14.3 Å². The van der Waals surface area contributed by atoms with Crippen LogP contribution in [0.3, 0.4) is 0 Å². The number of esters is 1. The number of carbonyl (C=O) groups excluding carboxylic acids is 2. The van der Waals surface area contributed by atoms with Crippen molar-refractivity contribution in [3.63, 3.8) is 0 Å². The first-order chi connectivity index (χ1) is 10.2. The SMILES string of the molecule is COC(=O)C(NOC(=O)c1ccccc1)=C1CCOCC1. The predicted octanol–water partition coefficient (Wildman–Crippen LogP) is 1.59. The van der Waals surface area contributed by atoms with E-state index in [2.05, 4.69) is 5.48 Å². The third kappa shape index (κ3) is 4.06. The summed E-state index contributed by atoms with van der Waals surface area (Å²) in [5.41, 5.74) is 3.83. The van der Waals surface area contributed by atoms with E-state index >= 15 is 0 Å². The monoisotopic (exact) mass is 291 g/mol. The topological polar surface area (TPSA) is 73.9 Å². The molecule has 6 heteroatoms. The van der Waals surface area contributed by atoms with E-state index in [-0.39, 0.29) is 5.70 Å². The van der Waals surface area contributed by atoms with E-state index < -0.39 is 11.9 Å². The van der Waals surface area contributed by atoms with Crippen molar-refractivity contribution in [3.8, 4) is 0 Å². The second kappa shape index (κ2) is 7.44. The molecule has 6 nitrogen and oxygen atoms in total. The number of hydrogen-bond donors (Lipinski definition) is 1. The zero-order valence-corrected chi connectivity index (χ0v) is 11.8. The first kappa shape index (κ1) is 15.1. The van der Waals surface area contributed by atoms with Crippen LogP contribution in [-0.4, -0.2) is 32.3 Å². The van der Waals surface area contributed by atoms with Gasteiger partial charge in [-0.3, -0.25) is 0 Å². The minimum absolute atomic E-state index is 0.171. The second-order valence-corrected chi connectivity index (χ2v) is 4.44. The molecule has 0 aromatic heterocycles. The number of rotatable bonds is 4. The molecule has 1 aliphatic heterocycles. The molecule has 1 aliphatic rings. The van der Waals surface area contributed by atoms with E-state index in [1.54, 1.807) is 30.3 Å².